The van der Waals surface area contributed by atoms with Crippen molar-refractivity contribution in [3.8, 4) is 22.5 Å². The Hall–Kier alpha value is -4.19. The molecule has 0 aliphatic rings. The standard InChI is InChI=1S/C19H14N6O5S/c20-17(28)15-7-11-3-9(1-2-14(11)21-15)10-4-12(6-13(5-10)25(29)30)18-22-19(24-23-18)31-8-16(26)27/h1-7H,8H2,(H5-,20,21,22,23,24,26,27,28,29,30)/p+1. The minimum absolute atomic E-state index is 0.0379. The van der Waals surface area contributed by atoms with Gasteiger partial charge in [-0.1, -0.05) is 17.8 Å². The van der Waals surface area contributed by atoms with E-state index in [9.17, 15) is 19.7 Å². The summed E-state index contributed by atoms with van der Waals surface area (Å²) >= 11 is 0.970. The Morgan fingerprint density at radius 2 is 1.87 bits per heavy atom. The zero-order valence-corrected chi connectivity index (χ0v) is 16.5. The highest BCUT2D eigenvalue weighted by Gasteiger charge is 2.19. The van der Waals surface area contributed by atoms with Crippen molar-refractivity contribution in [2.24, 2.45) is 5.73 Å². The number of benzene rings is 2. The molecule has 4 rings (SSSR count). The second-order valence-electron chi connectivity index (χ2n) is 6.54. The lowest BCUT2D eigenvalue weighted by Gasteiger charge is -2.04. The van der Waals surface area contributed by atoms with Crippen LogP contribution >= 0.6 is 11.8 Å². The molecule has 2 aromatic carbocycles. The lowest BCUT2D eigenvalue weighted by Crippen LogP contribution is -2.10. The summed E-state index contributed by atoms with van der Waals surface area (Å²) in [7, 11) is 0. The number of hydrogen-bond acceptors (Lipinski definition) is 6. The molecule has 0 atom stereocenters. The third-order valence-electron chi connectivity index (χ3n) is 4.41. The first-order valence-electron chi connectivity index (χ1n) is 8.81. The van der Waals surface area contributed by atoms with Crippen LogP contribution in [-0.2, 0) is 4.79 Å². The number of carbonyl (C=O) groups excluding carboxylic acids is 1. The predicted octanol–water partition coefficient (Wildman–Crippen LogP) is 2.70. The van der Waals surface area contributed by atoms with Crippen molar-refractivity contribution in [3.05, 3.63) is 53.1 Å². The molecule has 0 saturated carbocycles. The number of amides is 1. The van der Waals surface area contributed by atoms with E-state index in [1.54, 1.807) is 30.3 Å². The van der Waals surface area contributed by atoms with Gasteiger partial charge in [-0.25, -0.2) is 10.2 Å². The average molecular weight is 439 g/mol. The summed E-state index contributed by atoms with van der Waals surface area (Å²) in [6.07, 6.45) is 0. The molecule has 0 saturated heterocycles. The van der Waals surface area contributed by atoms with Gasteiger partial charge in [0.1, 0.15) is 5.69 Å². The monoisotopic (exact) mass is 439 g/mol. The first-order valence-corrected chi connectivity index (χ1v) is 9.80. The second kappa shape index (κ2) is 7.91. The Labute approximate surface area is 177 Å². The molecule has 0 aliphatic carbocycles. The van der Waals surface area contributed by atoms with Crippen LogP contribution in [0.1, 0.15) is 10.5 Å². The number of carboxylic acids is 1. The van der Waals surface area contributed by atoms with Gasteiger partial charge < -0.3 is 15.8 Å². The number of aliphatic carboxylic acids is 1. The average Bonchev–Trinajstić information content (AvgIpc) is 3.38. The molecule has 0 radical (unpaired) electrons. The summed E-state index contributed by atoms with van der Waals surface area (Å²) in [6, 6.07) is 11.6. The fourth-order valence-corrected chi connectivity index (χ4v) is 3.55. The van der Waals surface area contributed by atoms with Gasteiger partial charge in [-0.3, -0.25) is 14.7 Å². The Morgan fingerprint density at radius 1 is 1.10 bits per heavy atom. The number of H-pyrrole nitrogens is 2. The quantitative estimate of drug-likeness (QED) is 0.215. The van der Waals surface area contributed by atoms with Crippen molar-refractivity contribution in [2.75, 3.05) is 5.75 Å². The van der Waals surface area contributed by atoms with Crippen LogP contribution in [0.2, 0.25) is 0 Å². The van der Waals surface area contributed by atoms with E-state index >= 15 is 0 Å². The van der Waals surface area contributed by atoms with Crippen molar-refractivity contribution < 1.29 is 24.8 Å². The lowest BCUT2D eigenvalue weighted by atomic mass is 10.0. The van der Waals surface area contributed by atoms with E-state index in [1.807, 2.05) is 0 Å². The molecule has 0 aliphatic heterocycles. The molecule has 11 nitrogen and oxygen atoms in total. The molecule has 0 spiro atoms. The number of aromatic nitrogens is 4. The Morgan fingerprint density at radius 3 is 2.58 bits per heavy atom. The molecular weight excluding hydrogens is 424 g/mol. The molecule has 0 fully saturated rings. The fraction of sp³-hybridized carbons (Fsp3) is 0.0526. The van der Waals surface area contributed by atoms with Crippen LogP contribution in [0.4, 0.5) is 5.69 Å². The van der Waals surface area contributed by atoms with E-state index < -0.39 is 11.9 Å². The van der Waals surface area contributed by atoms with Gasteiger partial charge >= 0.3 is 11.7 Å². The van der Waals surface area contributed by atoms with Gasteiger partial charge in [-0.05, 0) is 35.4 Å². The normalized spacial score (nSPS) is 11.0. The number of hydrogen-bond donors (Lipinski definition) is 5. The Bertz CT molecular complexity index is 1340. The van der Waals surface area contributed by atoms with E-state index in [1.165, 1.54) is 12.1 Å². The molecular formula is C19H15N6O5S+. The van der Waals surface area contributed by atoms with Gasteiger partial charge in [0.25, 0.3) is 10.8 Å². The van der Waals surface area contributed by atoms with Gasteiger partial charge in [0.05, 0.1) is 10.7 Å². The second-order valence-corrected chi connectivity index (χ2v) is 7.50. The number of carbonyl (C=O) groups is 2. The van der Waals surface area contributed by atoms with Crippen LogP contribution in [0, 0.1) is 4.91 Å². The number of thioether (sulfide) groups is 1. The molecule has 31 heavy (non-hydrogen) atoms. The molecule has 12 heteroatoms. The summed E-state index contributed by atoms with van der Waals surface area (Å²) < 4.78 is 0. The molecule has 0 bridgehead atoms. The minimum Gasteiger partial charge on any atom is -0.481 e. The van der Waals surface area contributed by atoms with Gasteiger partial charge in [-0.2, -0.15) is 5.10 Å². The summed E-state index contributed by atoms with van der Waals surface area (Å²) in [4.78, 5) is 40.6. The highest BCUT2D eigenvalue weighted by atomic mass is 32.2. The molecule has 6 N–H and O–H groups in total. The third kappa shape index (κ3) is 4.23. The van der Waals surface area contributed by atoms with Crippen molar-refractivity contribution in [3.63, 3.8) is 0 Å². The van der Waals surface area contributed by atoms with E-state index in [0.717, 1.165) is 22.7 Å². The van der Waals surface area contributed by atoms with Gasteiger partial charge in [0.2, 0.25) is 0 Å². The van der Waals surface area contributed by atoms with Crippen LogP contribution in [0.15, 0.2) is 47.6 Å². The van der Waals surface area contributed by atoms with Gasteiger partial charge in [0, 0.05) is 28.6 Å². The minimum atomic E-state index is -0.992. The zero-order chi connectivity index (χ0) is 22.1. The first kappa shape index (κ1) is 20.1. The number of carboxylic acid groups (broad SMARTS) is 1. The number of primary amides is 1. The third-order valence-corrected chi connectivity index (χ3v) is 5.26. The van der Waals surface area contributed by atoms with Crippen LogP contribution in [0.25, 0.3) is 33.4 Å². The molecule has 0 unspecified atom stereocenters. The highest BCUT2D eigenvalue weighted by Crippen LogP contribution is 2.32. The Balaban J connectivity index is 1.76. The van der Waals surface area contributed by atoms with Crippen LogP contribution in [0.3, 0.4) is 0 Å². The molecule has 4 aromatic rings. The molecule has 2 heterocycles. The number of nitrogens with zero attached hydrogens (tertiary/aromatic N) is 3. The van der Waals surface area contributed by atoms with Gasteiger partial charge in [0.15, 0.2) is 11.0 Å². The maximum absolute atomic E-state index is 11.6. The maximum Gasteiger partial charge on any atom is 0.317 e. The number of rotatable bonds is 7. The molecule has 156 valence electrons. The van der Waals surface area contributed by atoms with Gasteiger partial charge in [-0.15, -0.1) is 0 Å². The SMILES string of the molecule is NC(=O)c1cc2cc(-c3cc(-c4n[nH]c(SCC(=O)O)n4)cc([N+](=O)O)c3)ccc2[nH]1. The lowest BCUT2D eigenvalue weighted by molar-refractivity contribution is -0.729. The van der Waals surface area contributed by atoms with E-state index in [4.69, 9.17) is 10.8 Å². The van der Waals surface area contributed by atoms with Crippen LogP contribution < -0.4 is 5.73 Å². The summed E-state index contributed by atoms with van der Waals surface area (Å²) in [6.45, 7) is 0. The van der Waals surface area contributed by atoms with E-state index in [-0.39, 0.29) is 27.9 Å². The zero-order valence-electron chi connectivity index (χ0n) is 15.7. The van der Waals surface area contributed by atoms with Crippen molar-refractivity contribution in [1.82, 2.24) is 20.2 Å². The fourth-order valence-electron chi connectivity index (χ4n) is 3.03. The van der Waals surface area contributed by atoms with Crippen molar-refractivity contribution >= 4 is 40.2 Å². The first-order chi connectivity index (χ1) is 14.8. The van der Waals surface area contributed by atoms with Crippen molar-refractivity contribution in [1.29, 1.82) is 0 Å². The number of aromatic amines is 2. The van der Waals surface area contributed by atoms with Crippen molar-refractivity contribution in [2.45, 2.75) is 5.16 Å². The predicted molar refractivity (Wildman–Crippen MR) is 111 cm³/mol. The molecule has 2 aromatic heterocycles. The summed E-state index contributed by atoms with van der Waals surface area (Å²) in [5.41, 5.74) is 8.01. The van der Waals surface area contributed by atoms with Crippen LogP contribution in [-0.4, -0.2) is 53.0 Å². The van der Waals surface area contributed by atoms with E-state index in [2.05, 4.69) is 20.2 Å². The largest absolute Gasteiger partial charge is 0.481 e. The highest BCUT2D eigenvalue weighted by molar-refractivity contribution is 7.99. The topological polar surface area (TPSA) is 178 Å². The maximum atomic E-state index is 11.6. The number of nitrogens with one attached hydrogen (secondary N) is 2. The summed E-state index contributed by atoms with van der Waals surface area (Å²) in [5, 5.41) is 26.0. The van der Waals surface area contributed by atoms with Crippen LogP contribution in [0.5, 0.6) is 0 Å². The number of nitrogens with two attached hydrogens (primary N) is 1. The number of fused-ring (bicyclic) bond motifs is 1. The molecule has 1 amide bonds. The Kier molecular flexibility index (Phi) is 5.13. The summed E-state index contributed by atoms with van der Waals surface area (Å²) in [5.74, 6) is -1.52. The van der Waals surface area contributed by atoms with E-state index in [0.29, 0.717) is 21.8 Å². The smallest absolute Gasteiger partial charge is 0.317 e.